The highest BCUT2D eigenvalue weighted by molar-refractivity contribution is 5.90. The van der Waals surface area contributed by atoms with E-state index in [1.807, 2.05) is 14.0 Å². The monoisotopic (exact) mass is 316 g/mol. The Morgan fingerprint density at radius 3 is 2.87 bits per heavy atom. The van der Waals surface area contributed by atoms with Crippen LogP contribution in [-0.2, 0) is 4.74 Å². The second-order valence-electron chi connectivity index (χ2n) is 6.06. The smallest absolute Gasteiger partial charge is 0.226 e. The Morgan fingerprint density at radius 1 is 1.30 bits per heavy atom. The number of nitrogens with zero attached hydrogens (tertiary/aromatic N) is 3. The maximum atomic E-state index is 5.20. The van der Waals surface area contributed by atoms with Crippen LogP contribution in [0.1, 0.15) is 17.7 Å². The van der Waals surface area contributed by atoms with E-state index >= 15 is 0 Å². The molecule has 7 nitrogen and oxygen atoms in total. The van der Waals surface area contributed by atoms with E-state index in [1.165, 1.54) is 0 Å². The first kappa shape index (κ1) is 15.9. The van der Waals surface area contributed by atoms with Crippen LogP contribution in [0.15, 0.2) is 6.07 Å². The number of anilines is 2. The van der Waals surface area contributed by atoms with Crippen LogP contribution < -0.4 is 16.0 Å². The van der Waals surface area contributed by atoms with Gasteiger partial charge in [-0.15, -0.1) is 0 Å². The fraction of sp³-hybridized carbons (Fsp3) is 0.562. The Balaban J connectivity index is 1.87. The van der Waals surface area contributed by atoms with E-state index in [-0.39, 0.29) is 0 Å². The van der Waals surface area contributed by atoms with E-state index in [4.69, 9.17) is 4.74 Å². The highest BCUT2D eigenvalue weighted by atomic mass is 16.5. The van der Waals surface area contributed by atoms with Gasteiger partial charge in [0.15, 0.2) is 5.65 Å². The molecule has 23 heavy (non-hydrogen) atoms. The van der Waals surface area contributed by atoms with Crippen LogP contribution >= 0.6 is 0 Å². The molecule has 1 fully saturated rings. The Bertz CT molecular complexity index is 705. The Labute approximate surface area is 136 Å². The highest BCUT2D eigenvalue weighted by Gasteiger charge is 2.24. The summed E-state index contributed by atoms with van der Waals surface area (Å²) >= 11 is 0. The number of aromatic nitrogens is 3. The first-order valence-electron chi connectivity index (χ1n) is 7.93. The number of ether oxygens (including phenoxy) is 1. The fourth-order valence-electron chi connectivity index (χ4n) is 3.16. The molecule has 2 aromatic rings. The zero-order valence-corrected chi connectivity index (χ0v) is 14.1. The minimum Gasteiger partial charge on any atom is -0.383 e. The summed E-state index contributed by atoms with van der Waals surface area (Å²) in [5.41, 5.74) is 2.82. The highest BCUT2D eigenvalue weighted by Crippen LogP contribution is 2.25. The number of nitrogens with one attached hydrogen (secondary N) is 3. The third kappa shape index (κ3) is 3.35. The van der Waals surface area contributed by atoms with Gasteiger partial charge in [-0.1, -0.05) is 0 Å². The van der Waals surface area contributed by atoms with Crippen molar-refractivity contribution in [3.8, 4) is 0 Å². The molecule has 0 radical (unpaired) electrons. The maximum Gasteiger partial charge on any atom is 0.226 e. The summed E-state index contributed by atoms with van der Waals surface area (Å²) in [7, 11) is 3.60. The van der Waals surface area contributed by atoms with E-state index in [9.17, 15) is 0 Å². The maximum absolute atomic E-state index is 5.20. The lowest BCUT2D eigenvalue weighted by atomic mass is 10.1. The van der Waals surface area contributed by atoms with Gasteiger partial charge in [0.2, 0.25) is 5.95 Å². The predicted molar refractivity (Wildman–Crippen MR) is 92.0 cm³/mol. The summed E-state index contributed by atoms with van der Waals surface area (Å²) in [5.74, 6) is 1.42. The molecule has 3 heterocycles. The minimum atomic E-state index is 0.295. The van der Waals surface area contributed by atoms with Crippen LogP contribution in [0.4, 0.5) is 11.8 Å². The van der Waals surface area contributed by atoms with Gasteiger partial charge in [-0.25, -0.2) is 4.98 Å². The van der Waals surface area contributed by atoms with Gasteiger partial charge in [0, 0.05) is 38.5 Å². The van der Waals surface area contributed by atoms with Gasteiger partial charge in [-0.05, 0) is 31.9 Å². The van der Waals surface area contributed by atoms with Crippen LogP contribution in [-0.4, -0.2) is 54.3 Å². The van der Waals surface area contributed by atoms with Gasteiger partial charge < -0.3 is 20.7 Å². The van der Waals surface area contributed by atoms with Crippen molar-refractivity contribution in [3.05, 3.63) is 17.3 Å². The first-order chi connectivity index (χ1) is 11.1. The van der Waals surface area contributed by atoms with Crippen molar-refractivity contribution in [1.82, 2.24) is 20.3 Å². The van der Waals surface area contributed by atoms with Gasteiger partial charge in [-0.2, -0.15) is 9.97 Å². The van der Waals surface area contributed by atoms with Crippen LogP contribution in [0.25, 0.3) is 11.0 Å². The van der Waals surface area contributed by atoms with Gasteiger partial charge in [-0.3, -0.25) is 0 Å². The second kappa shape index (κ2) is 6.64. The molecule has 0 aromatic carbocycles. The fourth-order valence-corrected chi connectivity index (χ4v) is 3.16. The molecule has 2 aromatic heterocycles. The quantitative estimate of drug-likeness (QED) is 0.770. The van der Waals surface area contributed by atoms with Crippen LogP contribution in [0.3, 0.4) is 0 Å². The summed E-state index contributed by atoms with van der Waals surface area (Å²) in [4.78, 5) is 13.8. The lowest BCUT2D eigenvalue weighted by Gasteiger charge is -2.15. The molecule has 7 heteroatoms. The third-order valence-electron chi connectivity index (χ3n) is 4.15. The summed E-state index contributed by atoms with van der Waals surface area (Å²) in [6, 6.07) is 2.73. The first-order valence-corrected chi connectivity index (χ1v) is 7.93. The number of hydrogen-bond acceptors (Lipinski definition) is 7. The standard InChI is InChI=1S/C16H24N6O/c1-9-5-10(2)19-15-13(9)14(17-3)21-16(22-15)20-11-6-12(8-23-4)18-7-11/h5,11-12,18H,6-8H2,1-4H3,(H2,17,19,20,21,22)/t11-,12+/m1/s1. The van der Waals surface area contributed by atoms with Crippen molar-refractivity contribution in [3.63, 3.8) is 0 Å². The summed E-state index contributed by atoms with van der Waals surface area (Å²) in [5, 5.41) is 11.0. The molecule has 0 unspecified atom stereocenters. The van der Waals surface area contributed by atoms with Crippen molar-refractivity contribution in [2.75, 3.05) is 37.9 Å². The number of methoxy groups -OCH3 is 1. The average molecular weight is 316 g/mol. The predicted octanol–water partition coefficient (Wildman–Crippen LogP) is 1.47. The molecule has 0 spiro atoms. The molecule has 0 amide bonds. The molecule has 124 valence electrons. The minimum absolute atomic E-state index is 0.295. The lowest BCUT2D eigenvalue weighted by Crippen LogP contribution is -2.26. The number of rotatable bonds is 5. The number of pyridine rings is 1. The zero-order chi connectivity index (χ0) is 16.4. The van der Waals surface area contributed by atoms with E-state index in [2.05, 4.69) is 43.9 Å². The van der Waals surface area contributed by atoms with E-state index < -0.39 is 0 Å². The topological polar surface area (TPSA) is 84.0 Å². The van der Waals surface area contributed by atoms with E-state index in [1.54, 1.807) is 7.11 Å². The zero-order valence-electron chi connectivity index (χ0n) is 14.1. The molecule has 2 atom stereocenters. The number of hydrogen-bond donors (Lipinski definition) is 3. The summed E-state index contributed by atoms with van der Waals surface area (Å²) in [6.45, 7) is 5.64. The van der Waals surface area contributed by atoms with Gasteiger partial charge in [0.1, 0.15) is 5.82 Å². The summed E-state index contributed by atoms with van der Waals surface area (Å²) in [6.07, 6.45) is 0.990. The van der Waals surface area contributed by atoms with Gasteiger partial charge >= 0.3 is 0 Å². The molecule has 1 aliphatic rings. The molecular weight excluding hydrogens is 292 g/mol. The average Bonchev–Trinajstić information content (AvgIpc) is 2.93. The molecular formula is C16H24N6O. The van der Waals surface area contributed by atoms with Crippen molar-refractivity contribution >= 4 is 22.8 Å². The lowest BCUT2D eigenvalue weighted by molar-refractivity contribution is 0.173. The second-order valence-corrected chi connectivity index (χ2v) is 6.06. The third-order valence-corrected chi connectivity index (χ3v) is 4.15. The molecule has 0 aliphatic carbocycles. The molecule has 3 rings (SSSR count). The van der Waals surface area contributed by atoms with Crippen LogP contribution in [0.5, 0.6) is 0 Å². The van der Waals surface area contributed by atoms with Crippen molar-refractivity contribution < 1.29 is 4.74 Å². The van der Waals surface area contributed by atoms with E-state index in [0.717, 1.165) is 47.7 Å². The van der Waals surface area contributed by atoms with Crippen molar-refractivity contribution in [2.45, 2.75) is 32.4 Å². The number of aryl methyl sites for hydroxylation is 2. The number of fused-ring (bicyclic) bond motifs is 1. The SMILES string of the molecule is CNc1nc(N[C@H]2CN[C@H](COC)C2)nc2nc(C)cc(C)c12. The molecule has 1 saturated heterocycles. The Hall–Kier alpha value is -1.99. The van der Waals surface area contributed by atoms with Crippen molar-refractivity contribution in [1.29, 1.82) is 0 Å². The molecule has 0 bridgehead atoms. The molecule has 0 saturated carbocycles. The molecule has 3 N–H and O–H groups in total. The van der Waals surface area contributed by atoms with Gasteiger partial charge in [0.25, 0.3) is 0 Å². The van der Waals surface area contributed by atoms with Gasteiger partial charge in [0.05, 0.1) is 12.0 Å². The Morgan fingerprint density at radius 2 is 2.13 bits per heavy atom. The van der Waals surface area contributed by atoms with Crippen LogP contribution in [0.2, 0.25) is 0 Å². The van der Waals surface area contributed by atoms with Crippen LogP contribution in [0, 0.1) is 13.8 Å². The summed E-state index contributed by atoms with van der Waals surface area (Å²) < 4.78 is 5.20. The Kier molecular flexibility index (Phi) is 4.58. The normalized spacial score (nSPS) is 20.9. The largest absolute Gasteiger partial charge is 0.383 e. The van der Waals surface area contributed by atoms with Crippen molar-refractivity contribution in [2.24, 2.45) is 0 Å². The molecule has 1 aliphatic heterocycles. The van der Waals surface area contributed by atoms with E-state index in [0.29, 0.717) is 18.0 Å².